The third kappa shape index (κ3) is 3.46. The van der Waals surface area contributed by atoms with Crippen molar-refractivity contribution in [3.63, 3.8) is 0 Å². The standard InChI is InChI=1S/C20H24N2O3S/c1-4-8-17-13(5-2)11-18(26-17)20(24)22-12-16(19(23)21-3)25-15-10-7-6-9-14(15)22/h6-7,9-11,16H,4-5,8,12H2,1-3H3,(H,21,23)/t16-/m1/s1. The lowest BCUT2D eigenvalue weighted by Crippen LogP contribution is -2.50. The monoisotopic (exact) mass is 372 g/mol. The molecule has 1 aromatic heterocycles. The van der Waals surface area contributed by atoms with Crippen LogP contribution >= 0.6 is 11.3 Å². The molecule has 0 saturated heterocycles. The fourth-order valence-electron chi connectivity index (χ4n) is 3.17. The Bertz CT molecular complexity index is 815. The zero-order valence-electron chi connectivity index (χ0n) is 15.4. The van der Waals surface area contributed by atoms with Crippen molar-refractivity contribution < 1.29 is 14.3 Å². The summed E-state index contributed by atoms with van der Waals surface area (Å²) in [6.45, 7) is 4.46. The molecule has 1 aliphatic heterocycles. The number of carbonyl (C=O) groups is 2. The highest BCUT2D eigenvalue weighted by Crippen LogP contribution is 2.35. The first kappa shape index (κ1) is 18.5. The topological polar surface area (TPSA) is 58.6 Å². The molecule has 0 fully saturated rings. The van der Waals surface area contributed by atoms with Crippen molar-refractivity contribution in [3.8, 4) is 5.75 Å². The van der Waals surface area contributed by atoms with Crippen molar-refractivity contribution >= 4 is 28.8 Å². The lowest BCUT2D eigenvalue weighted by atomic mass is 10.1. The van der Waals surface area contributed by atoms with Gasteiger partial charge in [0.05, 0.1) is 17.1 Å². The minimum Gasteiger partial charge on any atom is -0.477 e. The summed E-state index contributed by atoms with van der Waals surface area (Å²) in [6, 6.07) is 9.36. The Hall–Kier alpha value is -2.34. The van der Waals surface area contributed by atoms with E-state index in [-0.39, 0.29) is 18.4 Å². The predicted octanol–water partition coefficient (Wildman–Crippen LogP) is 3.42. The van der Waals surface area contributed by atoms with Gasteiger partial charge >= 0.3 is 0 Å². The summed E-state index contributed by atoms with van der Waals surface area (Å²) in [5.74, 6) is 0.253. The lowest BCUT2D eigenvalue weighted by Gasteiger charge is -2.33. The van der Waals surface area contributed by atoms with E-state index < -0.39 is 6.10 Å². The van der Waals surface area contributed by atoms with E-state index in [0.717, 1.165) is 24.1 Å². The van der Waals surface area contributed by atoms with Crippen LogP contribution in [-0.2, 0) is 17.6 Å². The normalized spacial score (nSPS) is 16.0. The maximum Gasteiger partial charge on any atom is 0.268 e. The number of anilines is 1. The first-order valence-electron chi connectivity index (χ1n) is 8.99. The van der Waals surface area contributed by atoms with Crippen LogP contribution in [0.25, 0.3) is 0 Å². The van der Waals surface area contributed by atoms with Crippen LogP contribution in [0.2, 0.25) is 0 Å². The number of hydrogen-bond acceptors (Lipinski definition) is 4. The van der Waals surface area contributed by atoms with E-state index in [0.29, 0.717) is 11.4 Å². The number of ether oxygens (including phenoxy) is 1. The molecule has 5 nitrogen and oxygen atoms in total. The Morgan fingerprint density at radius 1 is 1.31 bits per heavy atom. The van der Waals surface area contributed by atoms with Crippen molar-refractivity contribution in [2.24, 2.45) is 0 Å². The van der Waals surface area contributed by atoms with Crippen molar-refractivity contribution in [3.05, 3.63) is 45.6 Å². The first-order chi connectivity index (χ1) is 12.6. The Morgan fingerprint density at radius 2 is 2.08 bits per heavy atom. The second-order valence-electron chi connectivity index (χ2n) is 6.27. The quantitative estimate of drug-likeness (QED) is 0.875. The highest BCUT2D eigenvalue weighted by molar-refractivity contribution is 7.14. The minimum absolute atomic E-state index is 0.0725. The SMILES string of the molecule is CCCc1sc(C(=O)N2C[C@H](C(=O)NC)Oc3ccccc32)cc1CC. The molecule has 0 spiro atoms. The van der Waals surface area contributed by atoms with Crippen LogP contribution in [0.4, 0.5) is 5.69 Å². The van der Waals surface area contributed by atoms with Crippen LogP contribution in [0.15, 0.2) is 30.3 Å². The largest absolute Gasteiger partial charge is 0.477 e. The Balaban J connectivity index is 1.96. The van der Waals surface area contributed by atoms with Gasteiger partial charge in [-0.15, -0.1) is 11.3 Å². The smallest absolute Gasteiger partial charge is 0.268 e. The van der Waals surface area contributed by atoms with E-state index in [1.165, 1.54) is 10.4 Å². The summed E-state index contributed by atoms with van der Waals surface area (Å²) in [7, 11) is 1.57. The summed E-state index contributed by atoms with van der Waals surface area (Å²) < 4.78 is 5.79. The van der Waals surface area contributed by atoms with Crippen LogP contribution < -0.4 is 15.0 Å². The van der Waals surface area contributed by atoms with Crippen molar-refractivity contribution in [1.82, 2.24) is 5.32 Å². The van der Waals surface area contributed by atoms with Crippen LogP contribution in [0.5, 0.6) is 5.75 Å². The molecule has 1 aromatic carbocycles. The maximum absolute atomic E-state index is 13.3. The van der Waals surface area contributed by atoms with Crippen molar-refractivity contribution in [2.75, 3.05) is 18.5 Å². The highest BCUT2D eigenvalue weighted by Gasteiger charge is 2.34. The van der Waals surface area contributed by atoms with Gasteiger partial charge in [-0.05, 0) is 36.6 Å². The van der Waals surface area contributed by atoms with Gasteiger partial charge in [0.25, 0.3) is 11.8 Å². The fourth-order valence-corrected chi connectivity index (χ4v) is 4.47. The van der Waals surface area contributed by atoms with E-state index in [2.05, 4.69) is 19.2 Å². The first-order valence-corrected chi connectivity index (χ1v) is 9.81. The molecular formula is C20H24N2O3S. The van der Waals surface area contributed by atoms with Gasteiger partial charge < -0.3 is 10.1 Å². The van der Waals surface area contributed by atoms with Crippen LogP contribution in [0.1, 0.15) is 40.4 Å². The van der Waals surface area contributed by atoms with Gasteiger partial charge in [-0.3, -0.25) is 14.5 Å². The Kier molecular flexibility index (Phi) is 5.61. The number of amides is 2. The highest BCUT2D eigenvalue weighted by atomic mass is 32.1. The summed E-state index contributed by atoms with van der Waals surface area (Å²) in [5.41, 5.74) is 1.95. The predicted molar refractivity (Wildman–Crippen MR) is 104 cm³/mol. The Morgan fingerprint density at radius 3 is 2.77 bits per heavy atom. The summed E-state index contributed by atoms with van der Waals surface area (Å²) >= 11 is 1.57. The molecule has 0 aliphatic carbocycles. The Labute approximate surface area is 158 Å². The van der Waals surface area contributed by atoms with Crippen molar-refractivity contribution in [2.45, 2.75) is 39.2 Å². The van der Waals surface area contributed by atoms with E-state index in [1.807, 2.05) is 24.3 Å². The van der Waals surface area contributed by atoms with E-state index in [4.69, 9.17) is 4.74 Å². The number of nitrogens with one attached hydrogen (secondary N) is 1. The molecule has 6 heteroatoms. The number of fused-ring (bicyclic) bond motifs is 1. The summed E-state index contributed by atoms with van der Waals surface area (Å²) in [6.07, 6.45) is 2.25. The van der Waals surface area contributed by atoms with E-state index in [1.54, 1.807) is 29.4 Å². The number of rotatable bonds is 5. The number of aryl methyl sites for hydroxylation is 2. The van der Waals surface area contributed by atoms with E-state index in [9.17, 15) is 9.59 Å². The maximum atomic E-state index is 13.3. The van der Waals surface area contributed by atoms with Gasteiger partial charge in [0.2, 0.25) is 0 Å². The van der Waals surface area contributed by atoms with E-state index >= 15 is 0 Å². The number of thiophene rings is 1. The number of likely N-dealkylation sites (N-methyl/N-ethyl adjacent to an activating group) is 1. The number of carbonyl (C=O) groups excluding carboxylic acids is 2. The summed E-state index contributed by atoms with van der Waals surface area (Å²) in [5, 5.41) is 2.60. The fraction of sp³-hybridized carbons (Fsp3) is 0.400. The molecule has 2 amide bonds. The van der Waals surface area contributed by atoms with Crippen LogP contribution in [0, 0.1) is 0 Å². The van der Waals surface area contributed by atoms with Gasteiger partial charge in [-0.1, -0.05) is 32.4 Å². The van der Waals surface area contributed by atoms with Gasteiger partial charge in [0, 0.05) is 11.9 Å². The van der Waals surface area contributed by atoms with Gasteiger partial charge in [-0.2, -0.15) is 0 Å². The molecule has 2 aromatic rings. The van der Waals surface area contributed by atoms with Crippen LogP contribution in [-0.4, -0.2) is 31.5 Å². The lowest BCUT2D eigenvalue weighted by molar-refractivity contribution is -0.127. The number of benzene rings is 1. The van der Waals surface area contributed by atoms with Gasteiger partial charge in [0.1, 0.15) is 5.75 Å². The summed E-state index contributed by atoms with van der Waals surface area (Å²) in [4.78, 5) is 29.0. The number of hydrogen-bond donors (Lipinski definition) is 1. The average Bonchev–Trinajstić information content (AvgIpc) is 3.09. The molecule has 1 atom stereocenters. The zero-order chi connectivity index (χ0) is 18.7. The number of nitrogens with zero attached hydrogens (tertiary/aromatic N) is 1. The molecule has 0 radical (unpaired) electrons. The molecule has 1 N–H and O–H groups in total. The molecule has 2 heterocycles. The van der Waals surface area contributed by atoms with Gasteiger partial charge in [0.15, 0.2) is 6.10 Å². The van der Waals surface area contributed by atoms with Crippen molar-refractivity contribution in [1.29, 1.82) is 0 Å². The molecular weight excluding hydrogens is 348 g/mol. The molecule has 26 heavy (non-hydrogen) atoms. The molecule has 3 rings (SSSR count). The molecule has 1 aliphatic rings. The van der Waals surface area contributed by atoms with Crippen LogP contribution in [0.3, 0.4) is 0 Å². The molecule has 0 unspecified atom stereocenters. The third-order valence-electron chi connectivity index (χ3n) is 4.52. The molecule has 0 saturated carbocycles. The zero-order valence-corrected chi connectivity index (χ0v) is 16.2. The molecule has 138 valence electrons. The number of para-hydroxylation sites is 2. The average molecular weight is 372 g/mol. The molecule has 0 bridgehead atoms. The minimum atomic E-state index is -0.709. The van der Waals surface area contributed by atoms with Gasteiger partial charge in [-0.25, -0.2) is 0 Å². The second-order valence-corrected chi connectivity index (χ2v) is 7.40. The third-order valence-corrected chi connectivity index (χ3v) is 5.75. The second kappa shape index (κ2) is 7.91.